The minimum atomic E-state index is -4.56. The molecule has 3 aromatic heterocycles. The van der Waals surface area contributed by atoms with Crippen molar-refractivity contribution in [3.63, 3.8) is 0 Å². The van der Waals surface area contributed by atoms with Gasteiger partial charge in [-0.3, -0.25) is 14.4 Å². The number of fused-ring (bicyclic) bond motifs is 3. The monoisotopic (exact) mass is 689 g/mol. The van der Waals surface area contributed by atoms with E-state index in [0.717, 1.165) is 35.1 Å². The molecule has 0 radical (unpaired) electrons. The molecule has 4 unspecified atom stereocenters. The molecule has 2 saturated heterocycles. The lowest BCUT2D eigenvalue weighted by atomic mass is 9.95. The lowest BCUT2D eigenvalue weighted by Gasteiger charge is -2.39. The van der Waals surface area contributed by atoms with Crippen LogP contribution >= 0.6 is 11.3 Å². The van der Waals surface area contributed by atoms with E-state index in [2.05, 4.69) is 30.8 Å². The highest BCUT2D eigenvalue weighted by molar-refractivity contribution is 7.23. The van der Waals surface area contributed by atoms with Crippen molar-refractivity contribution in [2.45, 2.75) is 81.8 Å². The van der Waals surface area contributed by atoms with E-state index in [4.69, 9.17) is 9.26 Å². The first-order valence-electron chi connectivity index (χ1n) is 14.7. The van der Waals surface area contributed by atoms with Crippen molar-refractivity contribution in [2.75, 3.05) is 19.5 Å². The number of piperidine rings is 1. The van der Waals surface area contributed by atoms with Gasteiger partial charge in [-0.05, 0) is 43.3 Å². The Morgan fingerprint density at radius 1 is 1.17 bits per heavy atom. The number of ether oxygens (including phenoxy) is 1. The molecule has 18 heteroatoms. The highest BCUT2D eigenvalue weighted by atomic mass is 32.1. The molecular formula is C29H30F7N7O3S. The number of nitrogens with one attached hydrogen (secondary N) is 2. The Kier molecular flexibility index (Phi) is 8.84. The van der Waals surface area contributed by atoms with Crippen LogP contribution in [0.4, 0.5) is 36.4 Å². The predicted molar refractivity (Wildman–Crippen MR) is 157 cm³/mol. The maximum absolute atomic E-state index is 15.4. The molecule has 2 N–H and O–H groups in total. The summed E-state index contributed by atoms with van der Waals surface area (Å²) < 4.78 is 106. The van der Waals surface area contributed by atoms with Gasteiger partial charge in [0.1, 0.15) is 11.7 Å². The number of nitrogens with zero attached hydrogens (tertiary/aromatic N) is 5. The Morgan fingerprint density at radius 3 is 2.68 bits per heavy atom. The molecule has 47 heavy (non-hydrogen) atoms. The molecule has 4 aromatic rings. The van der Waals surface area contributed by atoms with Crippen LogP contribution in [0, 0.1) is 0 Å². The Bertz CT molecular complexity index is 1750. The molecule has 6 rings (SSSR count). The molecule has 0 saturated carbocycles. The van der Waals surface area contributed by atoms with Crippen LogP contribution in [0.1, 0.15) is 47.5 Å². The lowest BCUT2D eigenvalue weighted by molar-refractivity contribution is -0.137. The van der Waals surface area contributed by atoms with Crippen molar-refractivity contribution < 1.29 is 44.8 Å². The Morgan fingerprint density at radius 2 is 1.96 bits per heavy atom. The molecule has 1 aromatic carbocycles. The third kappa shape index (κ3) is 7.02. The van der Waals surface area contributed by atoms with Gasteiger partial charge >= 0.3 is 12.4 Å². The SMILES string of the molecule is COc1nn(CCC(F)(F)F)cc1C(=O)NCc1nc(-c2sc3c(NC4CC5CCC(C4F)N5C)cccc3c2CC(F)(F)F)no1. The molecule has 10 nitrogen and oxygen atoms in total. The number of hydrogen-bond donors (Lipinski definition) is 2. The third-order valence-electron chi connectivity index (χ3n) is 8.57. The van der Waals surface area contributed by atoms with Gasteiger partial charge in [0.05, 0.1) is 47.8 Å². The number of carbonyl (C=O) groups is 1. The van der Waals surface area contributed by atoms with Crippen LogP contribution in [0.2, 0.25) is 0 Å². The van der Waals surface area contributed by atoms with Crippen LogP contribution in [0.5, 0.6) is 5.88 Å². The van der Waals surface area contributed by atoms with Crippen molar-refractivity contribution in [2.24, 2.45) is 0 Å². The summed E-state index contributed by atoms with van der Waals surface area (Å²) in [6.07, 6.45) is -9.25. The summed E-state index contributed by atoms with van der Waals surface area (Å²) in [6.45, 7) is -0.869. The van der Waals surface area contributed by atoms with E-state index in [1.165, 1.54) is 7.11 Å². The van der Waals surface area contributed by atoms with Gasteiger partial charge in [0.25, 0.3) is 5.91 Å². The average molecular weight is 690 g/mol. The number of benzene rings is 1. The van der Waals surface area contributed by atoms with Gasteiger partial charge in [0.2, 0.25) is 17.6 Å². The quantitative estimate of drug-likeness (QED) is 0.192. The normalized spacial score (nSPS) is 21.8. The number of hydrogen-bond acceptors (Lipinski definition) is 9. The number of carbonyl (C=O) groups excluding carboxylic acids is 1. The van der Waals surface area contributed by atoms with Gasteiger partial charge in [-0.1, -0.05) is 17.3 Å². The number of amides is 1. The number of halogens is 7. The first-order valence-corrected chi connectivity index (χ1v) is 15.6. The summed E-state index contributed by atoms with van der Waals surface area (Å²) >= 11 is 1.03. The zero-order chi connectivity index (χ0) is 33.7. The van der Waals surface area contributed by atoms with Crippen LogP contribution in [-0.2, 0) is 19.5 Å². The third-order valence-corrected chi connectivity index (χ3v) is 9.85. The Labute approximate surface area is 267 Å². The van der Waals surface area contributed by atoms with E-state index in [9.17, 15) is 31.1 Å². The summed E-state index contributed by atoms with van der Waals surface area (Å²) in [5.74, 6) is -1.22. The minimum absolute atomic E-state index is 0.0613. The number of alkyl halides is 7. The fourth-order valence-electron chi connectivity index (χ4n) is 6.32. The van der Waals surface area contributed by atoms with Gasteiger partial charge in [-0.2, -0.15) is 31.3 Å². The second kappa shape index (κ2) is 12.6. The molecule has 0 spiro atoms. The molecule has 254 valence electrons. The number of anilines is 1. The second-order valence-electron chi connectivity index (χ2n) is 11.7. The maximum atomic E-state index is 15.4. The first-order chi connectivity index (χ1) is 22.2. The van der Waals surface area contributed by atoms with E-state index >= 15 is 4.39 Å². The Balaban J connectivity index is 1.22. The largest absolute Gasteiger partial charge is 0.479 e. The fourth-order valence-corrected chi connectivity index (χ4v) is 7.54. The van der Waals surface area contributed by atoms with E-state index in [1.807, 2.05) is 7.05 Å². The standard InChI is InChI=1S/C29H30F7N7O3S/c1-42-14-6-7-20(42)22(30)19(10-14)38-18-5-3-4-15-16(11-29(34,35)36)24(47-23(15)18)25-39-21(46-41-25)12-37-26(44)17-13-43(40-27(17)45-2)9-8-28(31,32)33/h3-5,13-14,19-20,22,38H,6-12H2,1-2H3,(H,37,44). The zero-order valence-corrected chi connectivity index (χ0v) is 25.9. The van der Waals surface area contributed by atoms with E-state index in [0.29, 0.717) is 22.2 Å². The smallest absolute Gasteiger partial charge is 0.393 e. The highest BCUT2D eigenvalue weighted by Crippen LogP contribution is 2.45. The molecule has 2 aliphatic heterocycles. The molecule has 2 bridgehead atoms. The topological polar surface area (TPSA) is 110 Å². The van der Waals surface area contributed by atoms with Gasteiger partial charge in [0, 0.05) is 24.8 Å². The maximum Gasteiger partial charge on any atom is 0.393 e. The van der Waals surface area contributed by atoms with Crippen LogP contribution in [0.3, 0.4) is 0 Å². The highest BCUT2D eigenvalue weighted by Gasteiger charge is 2.46. The van der Waals surface area contributed by atoms with E-state index in [1.54, 1.807) is 18.2 Å². The van der Waals surface area contributed by atoms with Crippen LogP contribution in [0.15, 0.2) is 28.9 Å². The minimum Gasteiger partial charge on any atom is -0.479 e. The zero-order valence-electron chi connectivity index (χ0n) is 25.1. The summed E-state index contributed by atoms with van der Waals surface area (Å²) in [5.41, 5.74) is 0.313. The molecule has 0 aliphatic carbocycles. The second-order valence-corrected chi connectivity index (χ2v) is 12.7. The number of aromatic nitrogens is 4. The first kappa shape index (κ1) is 33.0. The molecule has 2 aliphatic rings. The van der Waals surface area contributed by atoms with E-state index < -0.39 is 49.9 Å². The van der Waals surface area contributed by atoms with Gasteiger partial charge < -0.3 is 19.9 Å². The molecule has 4 atom stereocenters. The van der Waals surface area contributed by atoms with Crippen molar-refractivity contribution >= 4 is 33.0 Å². The molecule has 5 heterocycles. The predicted octanol–water partition coefficient (Wildman–Crippen LogP) is 6.13. The van der Waals surface area contributed by atoms with Crippen molar-refractivity contribution in [3.8, 4) is 16.6 Å². The van der Waals surface area contributed by atoms with E-state index in [-0.39, 0.29) is 52.2 Å². The average Bonchev–Trinajstić information content (AvgIpc) is 3.77. The van der Waals surface area contributed by atoms with Crippen LogP contribution < -0.4 is 15.4 Å². The van der Waals surface area contributed by atoms with Crippen LogP contribution in [0.25, 0.3) is 20.8 Å². The molecule has 1 amide bonds. The fraction of sp³-hybridized carbons (Fsp3) is 0.517. The number of methoxy groups -OCH3 is 1. The van der Waals surface area contributed by atoms with Crippen molar-refractivity contribution in [1.82, 2.24) is 30.1 Å². The summed E-state index contributed by atoms with van der Waals surface area (Å²) in [7, 11) is 3.12. The van der Waals surface area contributed by atoms with Crippen molar-refractivity contribution in [3.05, 3.63) is 41.4 Å². The molecule has 2 fully saturated rings. The van der Waals surface area contributed by atoms with Gasteiger partial charge in [0.15, 0.2) is 0 Å². The number of aryl methyl sites for hydroxylation is 1. The van der Waals surface area contributed by atoms with Crippen LogP contribution in [-0.4, -0.2) is 81.5 Å². The Hall–Kier alpha value is -3.93. The van der Waals surface area contributed by atoms with Gasteiger partial charge in [-0.25, -0.2) is 4.39 Å². The number of rotatable bonds is 10. The summed E-state index contributed by atoms with van der Waals surface area (Å²) in [5, 5.41) is 13.8. The number of thiophene rings is 1. The summed E-state index contributed by atoms with van der Waals surface area (Å²) in [4.78, 5) is 19.2. The summed E-state index contributed by atoms with van der Waals surface area (Å²) in [6, 6.07) is 4.42. The van der Waals surface area contributed by atoms with Crippen molar-refractivity contribution in [1.29, 1.82) is 0 Å². The lowest BCUT2D eigenvalue weighted by Crippen LogP contribution is -2.53. The van der Waals surface area contributed by atoms with Gasteiger partial charge in [-0.15, -0.1) is 16.4 Å². The molecular weight excluding hydrogens is 659 g/mol.